The summed E-state index contributed by atoms with van der Waals surface area (Å²) in [6.07, 6.45) is 2.66. The third-order valence-electron chi connectivity index (χ3n) is 3.19. The van der Waals surface area contributed by atoms with E-state index in [0.29, 0.717) is 18.6 Å². The second kappa shape index (κ2) is 5.50. The first kappa shape index (κ1) is 12.5. The van der Waals surface area contributed by atoms with Crippen LogP contribution in [0.4, 0.5) is 0 Å². The second-order valence-corrected chi connectivity index (χ2v) is 4.80. The van der Waals surface area contributed by atoms with Gasteiger partial charge >= 0.3 is 0 Å². The Kier molecular flexibility index (Phi) is 4.58. The zero-order valence-electron chi connectivity index (χ0n) is 10.4. The summed E-state index contributed by atoms with van der Waals surface area (Å²) in [4.78, 5) is 2.21. The standard InChI is InChI=1S/C12H24N2O/c1-9(2)12(13)14(7-8-15-4)10(3)11-5-6-11/h9-11,13H,5-8H2,1-4H3. The SMILES string of the molecule is COCCN(C(=N)C(C)C)C(C)C1CC1. The van der Waals surface area contributed by atoms with Crippen molar-refractivity contribution >= 4 is 5.84 Å². The van der Waals surface area contributed by atoms with E-state index in [1.54, 1.807) is 7.11 Å². The van der Waals surface area contributed by atoms with E-state index in [4.69, 9.17) is 10.1 Å². The lowest BCUT2D eigenvalue weighted by Crippen LogP contribution is -2.43. The monoisotopic (exact) mass is 212 g/mol. The summed E-state index contributed by atoms with van der Waals surface area (Å²) in [6.45, 7) is 7.98. The maximum atomic E-state index is 8.10. The van der Waals surface area contributed by atoms with E-state index in [1.807, 2.05) is 0 Å². The zero-order chi connectivity index (χ0) is 11.4. The summed E-state index contributed by atoms with van der Waals surface area (Å²) in [5.41, 5.74) is 0. The van der Waals surface area contributed by atoms with Crippen LogP contribution in [0.5, 0.6) is 0 Å². The van der Waals surface area contributed by atoms with Crippen LogP contribution in [0.2, 0.25) is 0 Å². The molecule has 1 fully saturated rings. The second-order valence-electron chi connectivity index (χ2n) is 4.80. The third kappa shape index (κ3) is 3.49. The first-order valence-corrected chi connectivity index (χ1v) is 5.92. The Morgan fingerprint density at radius 1 is 1.40 bits per heavy atom. The molecule has 15 heavy (non-hydrogen) atoms. The lowest BCUT2D eigenvalue weighted by molar-refractivity contribution is 0.156. The van der Waals surface area contributed by atoms with Gasteiger partial charge < -0.3 is 9.64 Å². The molecule has 1 aliphatic rings. The van der Waals surface area contributed by atoms with Crippen molar-refractivity contribution in [1.82, 2.24) is 4.90 Å². The van der Waals surface area contributed by atoms with Crippen LogP contribution in [0.15, 0.2) is 0 Å². The molecule has 1 atom stereocenters. The van der Waals surface area contributed by atoms with Crippen LogP contribution in [-0.2, 0) is 4.74 Å². The highest BCUT2D eigenvalue weighted by molar-refractivity contribution is 5.81. The number of rotatable bonds is 6. The lowest BCUT2D eigenvalue weighted by atomic mass is 10.1. The van der Waals surface area contributed by atoms with Crippen molar-refractivity contribution in [2.45, 2.75) is 39.7 Å². The van der Waals surface area contributed by atoms with Crippen molar-refractivity contribution < 1.29 is 4.74 Å². The first-order valence-electron chi connectivity index (χ1n) is 5.92. The number of nitrogens with one attached hydrogen (secondary N) is 1. The summed E-state index contributed by atoms with van der Waals surface area (Å²) in [6, 6.07) is 0.509. The lowest BCUT2D eigenvalue weighted by Gasteiger charge is -2.33. The van der Waals surface area contributed by atoms with Gasteiger partial charge in [-0.05, 0) is 25.7 Å². The molecular formula is C12H24N2O. The van der Waals surface area contributed by atoms with Gasteiger partial charge in [0.25, 0.3) is 0 Å². The molecule has 3 heteroatoms. The molecular weight excluding hydrogens is 188 g/mol. The van der Waals surface area contributed by atoms with Crippen LogP contribution in [0.1, 0.15) is 33.6 Å². The van der Waals surface area contributed by atoms with Gasteiger partial charge in [-0.2, -0.15) is 0 Å². The summed E-state index contributed by atoms with van der Waals surface area (Å²) in [5.74, 6) is 1.87. The average Bonchev–Trinajstić information content (AvgIpc) is 3.00. The number of amidine groups is 1. The quantitative estimate of drug-likeness (QED) is 0.542. The van der Waals surface area contributed by atoms with E-state index in [2.05, 4.69) is 25.7 Å². The molecule has 0 saturated heterocycles. The molecule has 88 valence electrons. The number of hydrogen-bond donors (Lipinski definition) is 1. The Morgan fingerprint density at radius 2 is 2.00 bits per heavy atom. The molecule has 0 heterocycles. The van der Waals surface area contributed by atoms with Gasteiger partial charge in [0.05, 0.1) is 12.4 Å². The van der Waals surface area contributed by atoms with E-state index >= 15 is 0 Å². The molecule has 1 rings (SSSR count). The molecule has 0 aromatic rings. The molecule has 1 aliphatic carbocycles. The number of nitrogens with zero attached hydrogens (tertiary/aromatic N) is 1. The molecule has 1 saturated carbocycles. The number of ether oxygens (including phenoxy) is 1. The van der Waals surface area contributed by atoms with Gasteiger partial charge in [-0.3, -0.25) is 5.41 Å². The van der Waals surface area contributed by atoms with Crippen LogP contribution in [-0.4, -0.2) is 37.0 Å². The van der Waals surface area contributed by atoms with Crippen LogP contribution in [0, 0.1) is 17.2 Å². The molecule has 1 N–H and O–H groups in total. The Hall–Kier alpha value is -0.570. The fourth-order valence-corrected chi connectivity index (χ4v) is 1.90. The summed E-state index contributed by atoms with van der Waals surface area (Å²) >= 11 is 0. The maximum absolute atomic E-state index is 8.10. The molecule has 0 bridgehead atoms. The highest BCUT2D eigenvalue weighted by atomic mass is 16.5. The summed E-state index contributed by atoms with van der Waals surface area (Å²) in [7, 11) is 1.72. The third-order valence-corrected chi connectivity index (χ3v) is 3.19. The number of hydrogen-bond acceptors (Lipinski definition) is 2. The fraction of sp³-hybridized carbons (Fsp3) is 0.917. The van der Waals surface area contributed by atoms with Crippen molar-refractivity contribution in [2.75, 3.05) is 20.3 Å². The Labute approximate surface area is 93.3 Å². The summed E-state index contributed by atoms with van der Waals surface area (Å²) < 4.78 is 5.11. The Bertz CT molecular complexity index is 212. The van der Waals surface area contributed by atoms with Gasteiger partial charge in [-0.1, -0.05) is 13.8 Å². The fourth-order valence-electron chi connectivity index (χ4n) is 1.90. The maximum Gasteiger partial charge on any atom is 0.0987 e. The molecule has 0 aromatic carbocycles. The van der Waals surface area contributed by atoms with Crippen LogP contribution in [0.3, 0.4) is 0 Å². The average molecular weight is 212 g/mol. The van der Waals surface area contributed by atoms with Crippen molar-refractivity contribution in [3.05, 3.63) is 0 Å². The smallest absolute Gasteiger partial charge is 0.0987 e. The van der Waals surface area contributed by atoms with Crippen molar-refractivity contribution in [3.63, 3.8) is 0 Å². The van der Waals surface area contributed by atoms with Crippen LogP contribution in [0.25, 0.3) is 0 Å². The number of methoxy groups -OCH3 is 1. The molecule has 0 spiro atoms. The largest absolute Gasteiger partial charge is 0.383 e. The highest BCUT2D eigenvalue weighted by Crippen LogP contribution is 2.35. The van der Waals surface area contributed by atoms with E-state index in [0.717, 1.165) is 18.3 Å². The van der Waals surface area contributed by atoms with Gasteiger partial charge in [-0.25, -0.2) is 0 Å². The van der Waals surface area contributed by atoms with Gasteiger partial charge in [0.1, 0.15) is 0 Å². The minimum atomic E-state index is 0.308. The van der Waals surface area contributed by atoms with Crippen molar-refractivity contribution in [2.24, 2.45) is 11.8 Å². The van der Waals surface area contributed by atoms with E-state index in [9.17, 15) is 0 Å². The minimum Gasteiger partial charge on any atom is -0.383 e. The van der Waals surface area contributed by atoms with E-state index < -0.39 is 0 Å². The van der Waals surface area contributed by atoms with Crippen molar-refractivity contribution in [3.8, 4) is 0 Å². The minimum absolute atomic E-state index is 0.308. The zero-order valence-corrected chi connectivity index (χ0v) is 10.4. The Balaban J connectivity index is 2.54. The first-order chi connectivity index (χ1) is 7.07. The van der Waals surface area contributed by atoms with Crippen molar-refractivity contribution in [1.29, 1.82) is 5.41 Å². The topological polar surface area (TPSA) is 36.3 Å². The predicted octanol–water partition coefficient (Wildman–Crippen LogP) is 2.37. The van der Waals surface area contributed by atoms with Crippen LogP contribution < -0.4 is 0 Å². The molecule has 0 aromatic heterocycles. The molecule has 3 nitrogen and oxygen atoms in total. The molecule has 1 unspecified atom stereocenters. The van der Waals surface area contributed by atoms with Gasteiger partial charge in [0, 0.05) is 25.6 Å². The van der Waals surface area contributed by atoms with E-state index in [1.165, 1.54) is 12.8 Å². The van der Waals surface area contributed by atoms with E-state index in [-0.39, 0.29) is 0 Å². The summed E-state index contributed by atoms with van der Waals surface area (Å²) in [5, 5.41) is 8.10. The van der Waals surface area contributed by atoms with Crippen LogP contribution >= 0.6 is 0 Å². The predicted molar refractivity (Wildman–Crippen MR) is 63.3 cm³/mol. The van der Waals surface area contributed by atoms with Gasteiger partial charge in [0.15, 0.2) is 0 Å². The van der Waals surface area contributed by atoms with Gasteiger partial charge in [0.2, 0.25) is 0 Å². The molecule has 0 aliphatic heterocycles. The van der Waals surface area contributed by atoms with Gasteiger partial charge in [-0.15, -0.1) is 0 Å². The normalized spacial score (nSPS) is 17.9. The highest BCUT2D eigenvalue weighted by Gasteiger charge is 2.33. The Morgan fingerprint density at radius 3 is 2.40 bits per heavy atom. The molecule has 0 amide bonds. The molecule has 0 radical (unpaired) electrons.